The van der Waals surface area contributed by atoms with Gasteiger partial charge in [-0.25, -0.2) is 22.2 Å². The highest BCUT2D eigenvalue weighted by Crippen LogP contribution is 2.38. The summed E-state index contributed by atoms with van der Waals surface area (Å²) in [4.78, 5) is 4.70. The smallest absolute Gasteiger partial charge is 0.379 e. The fraction of sp³-hybridized carbons (Fsp3) is 0.312. The number of halogens is 5. The van der Waals surface area contributed by atoms with Crippen molar-refractivity contribution < 1.29 is 35.5 Å². The van der Waals surface area contributed by atoms with Gasteiger partial charge in [-0.3, -0.25) is 4.72 Å². The number of nitrogens with one attached hydrogen (secondary N) is 1. The first-order valence-corrected chi connectivity index (χ1v) is 9.38. The van der Waals surface area contributed by atoms with Crippen LogP contribution in [0.3, 0.4) is 0 Å². The molecular weight excluding hydrogens is 409 g/mol. The van der Waals surface area contributed by atoms with Crippen molar-refractivity contribution in [2.45, 2.75) is 23.1 Å². The lowest BCUT2D eigenvalue weighted by Gasteiger charge is -2.26. The summed E-state index contributed by atoms with van der Waals surface area (Å²) in [6.45, 7) is -0.828. The number of pyridine rings is 1. The molecule has 2 heterocycles. The maximum absolute atomic E-state index is 13.2. The van der Waals surface area contributed by atoms with Crippen LogP contribution in [0.4, 0.5) is 33.5 Å². The number of alkyl halides is 3. The lowest BCUT2D eigenvalue weighted by Crippen LogP contribution is -2.47. The second-order valence-electron chi connectivity index (χ2n) is 6.29. The van der Waals surface area contributed by atoms with Crippen molar-refractivity contribution >= 4 is 21.5 Å². The number of rotatable bonds is 4. The molecule has 28 heavy (non-hydrogen) atoms. The molecule has 1 atom stereocenters. The van der Waals surface area contributed by atoms with Crippen molar-refractivity contribution in [3.8, 4) is 0 Å². The van der Waals surface area contributed by atoms with Crippen LogP contribution in [0.1, 0.15) is 6.42 Å². The fourth-order valence-corrected chi connectivity index (χ4v) is 3.71. The molecule has 1 fully saturated rings. The van der Waals surface area contributed by atoms with Crippen molar-refractivity contribution in [1.82, 2.24) is 4.98 Å². The monoisotopic (exact) mass is 423 g/mol. The lowest BCUT2D eigenvalue weighted by molar-refractivity contribution is -0.250. The van der Waals surface area contributed by atoms with Crippen LogP contribution in [0.25, 0.3) is 0 Å². The third-order valence-corrected chi connectivity index (χ3v) is 5.67. The van der Waals surface area contributed by atoms with Crippen LogP contribution in [0.2, 0.25) is 0 Å². The van der Waals surface area contributed by atoms with Gasteiger partial charge in [0.1, 0.15) is 10.7 Å². The Balaban J connectivity index is 1.76. The van der Waals surface area contributed by atoms with E-state index in [1.807, 2.05) is 4.72 Å². The third-order valence-electron chi connectivity index (χ3n) is 4.30. The van der Waals surface area contributed by atoms with Crippen molar-refractivity contribution in [3.63, 3.8) is 0 Å². The molecule has 12 heteroatoms. The summed E-state index contributed by atoms with van der Waals surface area (Å²) in [5, 5.41) is 9.69. The standard InChI is InChI=1S/C16H14F5N3O3S/c17-12-3-1-10(7-13(12)18)23-28(26,27)11-2-4-14(22-8-11)24-6-5-15(25,9-24)16(19,20)21/h1-4,7-8,23,25H,5-6,9H2. The average molecular weight is 423 g/mol. The molecule has 3 rings (SSSR count). The largest absolute Gasteiger partial charge is 0.418 e. The SMILES string of the molecule is O=S(=O)(Nc1ccc(F)c(F)c1)c1ccc(N2CCC(O)(C(F)(F)F)C2)nc1. The normalized spacial score (nSPS) is 20.4. The van der Waals surface area contributed by atoms with E-state index in [9.17, 15) is 35.5 Å². The molecule has 0 bridgehead atoms. The Morgan fingerprint density at radius 1 is 1.14 bits per heavy atom. The fourth-order valence-electron chi connectivity index (χ4n) is 2.71. The van der Waals surface area contributed by atoms with Gasteiger partial charge in [-0.15, -0.1) is 0 Å². The summed E-state index contributed by atoms with van der Waals surface area (Å²) in [6, 6.07) is 4.75. The quantitative estimate of drug-likeness (QED) is 0.739. The number of hydrogen-bond acceptors (Lipinski definition) is 5. The molecule has 0 aliphatic carbocycles. The first kappa shape index (κ1) is 20.3. The van der Waals surface area contributed by atoms with E-state index >= 15 is 0 Å². The number of nitrogens with zero attached hydrogens (tertiary/aromatic N) is 2. The van der Waals surface area contributed by atoms with Crippen molar-refractivity contribution in [2.24, 2.45) is 0 Å². The van der Waals surface area contributed by atoms with Crippen molar-refractivity contribution in [2.75, 3.05) is 22.7 Å². The van der Waals surface area contributed by atoms with E-state index in [0.29, 0.717) is 6.07 Å². The Morgan fingerprint density at radius 3 is 2.39 bits per heavy atom. The molecule has 1 aromatic carbocycles. The molecule has 1 unspecified atom stereocenters. The summed E-state index contributed by atoms with van der Waals surface area (Å²) >= 11 is 0. The molecule has 0 spiro atoms. The Kier molecular flexibility index (Phi) is 4.96. The van der Waals surface area contributed by atoms with Crippen LogP contribution in [0.15, 0.2) is 41.4 Å². The third kappa shape index (κ3) is 3.87. The van der Waals surface area contributed by atoms with Gasteiger partial charge in [0, 0.05) is 25.2 Å². The molecule has 1 aliphatic heterocycles. The Morgan fingerprint density at radius 2 is 1.86 bits per heavy atom. The van der Waals surface area contributed by atoms with Gasteiger partial charge in [0.05, 0.1) is 12.2 Å². The van der Waals surface area contributed by atoms with Gasteiger partial charge < -0.3 is 10.0 Å². The molecule has 1 aromatic heterocycles. The zero-order chi connectivity index (χ0) is 20.7. The van der Waals surface area contributed by atoms with E-state index in [4.69, 9.17) is 0 Å². The summed E-state index contributed by atoms with van der Waals surface area (Å²) < 4.78 is 91.4. The van der Waals surface area contributed by atoms with E-state index in [2.05, 4.69) is 4.98 Å². The summed E-state index contributed by atoms with van der Waals surface area (Å²) in [7, 11) is -4.18. The maximum Gasteiger partial charge on any atom is 0.418 e. The van der Waals surface area contributed by atoms with Crippen LogP contribution in [-0.4, -0.2) is 43.4 Å². The van der Waals surface area contributed by atoms with Crippen LogP contribution >= 0.6 is 0 Å². The molecule has 2 N–H and O–H groups in total. The van der Waals surface area contributed by atoms with E-state index in [0.717, 1.165) is 24.4 Å². The van der Waals surface area contributed by atoms with Gasteiger partial charge in [0.2, 0.25) is 0 Å². The molecule has 6 nitrogen and oxygen atoms in total. The lowest BCUT2D eigenvalue weighted by atomic mass is 10.0. The van der Waals surface area contributed by atoms with Gasteiger partial charge in [-0.05, 0) is 24.3 Å². The minimum Gasteiger partial charge on any atom is -0.379 e. The van der Waals surface area contributed by atoms with Gasteiger partial charge >= 0.3 is 6.18 Å². The van der Waals surface area contributed by atoms with Crippen molar-refractivity contribution in [3.05, 3.63) is 48.2 Å². The molecular formula is C16H14F5N3O3S. The molecule has 0 radical (unpaired) electrons. The highest BCUT2D eigenvalue weighted by molar-refractivity contribution is 7.92. The molecule has 0 amide bonds. The van der Waals surface area contributed by atoms with E-state index < -0.39 is 46.4 Å². The molecule has 0 saturated carbocycles. The highest BCUT2D eigenvalue weighted by Gasteiger charge is 2.57. The average Bonchev–Trinajstić information content (AvgIpc) is 3.02. The number of sulfonamides is 1. The van der Waals surface area contributed by atoms with Crippen LogP contribution in [0, 0.1) is 11.6 Å². The predicted octanol–water partition coefficient (Wildman–Crippen LogP) is 2.66. The summed E-state index contributed by atoms with van der Waals surface area (Å²) in [6.07, 6.45) is -4.40. The van der Waals surface area contributed by atoms with E-state index in [1.54, 1.807) is 0 Å². The van der Waals surface area contributed by atoms with Crippen LogP contribution in [-0.2, 0) is 10.0 Å². The number of hydrogen-bond donors (Lipinski definition) is 2. The van der Waals surface area contributed by atoms with Crippen LogP contribution in [0.5, 0.6) is 0 Å². The van der Waals surface area contributed by atoms with Crippen LogP contribution < -0.4 is 9.62 Å². The number of benzene rings is 1. The Bertz CT molecular complexity index is 982. The van der Waals surface area contributed by atoms with Gasteiger partial charge in [0.15, 0.2) is 17.2 Å². The first-order chi connectivity index (χ1) is 12.9. The molecule has 2 aromatic rings. The van der Waals surface area contributed by atoms with E-state index in [-0.39, 0.29) is 22.9 Å². The topological polar surface area (TPSA) is 82.5 Å². The second-order valence-corrected chi connectivity index (χ2v) is 7.97. The van der Waals surface area contributed by atoms with Gasteiger partial charge in [0.25, 0.3) is 10.0 Å². The summed E-state index contributed by atoms with van der Waals surface area (Å²) in [5.74, 6) is -2.31. The number of aromatic nitrogens is 1. The highest BCUT2D eigenvalue weighted by atomic mass is 32.2. The van der Waals surface area contributed by atoms with Gasteiger partial charge in [-0.2, -0.15) is 13.2 Å². The number of aliphatic hydroxyl groups is 1. The Hall–Kier alpha value is -2.47. The van der Waals surface area contributed by atoms with E-state index in [1.165, 1.54) is 11.0 Å². The van der Waals surface area contributed by atoms with Gasteiger partial charge in [-0.1, -0.05) is 0 Å². The molecule has 1 saturated heterocycles. The molecule has 152 valence electrons. The predicted molar refractivity (Wildman–Crippen MR) is 89.2 cm³/mol. The second kappa shape index (κ2) is 6.85. The minimum atomic E-state index is -4.79. The zero-order valence-corrected chi connectivity index (χ0v) is 14.9. The number of β-amino-alcohol motifs (C(OH)–C–C–N with tert-alkyl or cyclic N) is 1. The minimum absolute atomic E-state index is 0.0620. The number of anilines is 2. The zero-order valence-electron chi connectivity index (χ0n) is 14.0. The first-order valence-electron chi connectivity index (χ1n) is 7.89. The maximum atomic E-state index is 13.2. The van der Waals surface area contributed by atoms with Crippen molar-refractivity contribution in [1.29, 1.82) is 0 Å². The summed E-state index contributed by atoms with van der Waals surface area (Å²) in [5.41, 5.74) is -3.06. The Labute approximate surface area is 156 Å². The molecule has 1 aliphatic rings.